The van der Waals surface area contributed by atoms with Gasteiger partial charge in [0.2, 0.25) is 0 Å². The average Bonchev–Trinajstić information content (AvgIpc) is 3.89. The fraction of sp³-hybridized carbons (Fsp3) is 0. The van der Waals surface area contributed by atoms with Crippen LogP contribution in [0.15, 0.2) is 176 Å². The minimum absolute atomic E-state index is 0.592. The van der Waals surface area contributed by atoms with Gasteiger partial charge in [0, 0.05) is 38.3 Å². The second-order valence-electron chi connectivity index (χ2n) is 13.9. The summed E-state index contributed by atoms with van der Waals surface area (Å²) in [6.07, 6.45) is 0. The number of benzene rings is 8. The van der Waals surface area contributed by atoms with Crippen LogP contribution in [0.4, 0.5) is 11.4 Å². The van der Waals surface area contributed by atoms with E-state index in [2.05, 4.69) is 169 Å². The molecule has 0 aliphatic rings. The molecule has 11 aromatic rings. The topological polar surface area (TPSA) is 23.5 Å². The van der Waals surface area contributed by atoms with Crippen molar-refractivity contribution in [2.45, 2.75) is 0 Å². The second-order valence-corrected chi connectivity index (χ2v) is 13.9. The van der Waals surface area contributed by atoms with Crippen molar-refractivity contribution in [2.75, 3.05) is 0 Å². The van der Waals surface area contributed by atoms with Crippen LogP contribution in [0.5, 0.6) is 0 Å². The van der Waals surface area contributed by atoms with E-state index >= 15 is 0 Å². The van der Waals surface area contributed by atoms with Crippen molar-refractivity contribution in [3.05, 3.63) is 199 Å². The van der Waals surface area contributed by atoms with Crippen LogP contribution < -0.4 is 0 Å². The number of hydrogen-bond donors (Lipinski definition) is 0. The van der Waals surface area contributed by atoms with Gasteiger partial charge < -0.3 is 13.7 Å². The zero-order valence-corrected chi connectivity index (χ0v) is 29.5. The summed E-state index contributed by atoms with van der Waals surface area (Å²) in [5.41, 5.74) is 12.8. The average molecular weight is 700 g/mol. The lowest BCUT2D eigenvalue weighted by Gasteiger charge is -2.16. The van der Waals surface area contributed by atoms with Crippen molar-refractivity contribution in [1.29, 1.82) is 0 Å². The molecule has 11 rings (SSSR count). The fourth-order valence-electron chi connectivity index (χ4n) is 8.73. The molecular weight excluding hydrogens is 671 g/mol. The third-order valence-electron chi connectivity index (χ3n) is 11.1. The molecule has 55 heavy (non-hydrogen) atoms. The van der Waals surface area contributed by atoms with Crippen molar-refractivity contribution in [3.63, 3.8) is 0 Å². The van der Waals surface area contributed by atoms with Crippen molar-refractivity contribution in [1.82, 2.24) is 13.7 Å². The number of para-hydroxylation sites is 5. The number of fused-ring (bicyclic) bond motifs is 9. The number of rotatable bonds is 4. The summed E-state index contributed by atoms with van der Waals surface area (Å²) in [6, 6.07) is 61.3. The SMILES string of the molecule is [C-]#[N+]c1ccc2c(c1)c1ccccc1n2-c1ccc(-c2ccc(-n3c4ccccc4c4cccc(-n5c6ccccc6c6ccccc65)c43)cc2[N+]#[C-])cc1. The third-order valence-corrected chi connectivity index (χ3v) is 11.1. The van der Waals surface area contributed by atoms with Crippen molar-refractivity contribution in [2.24, 2.45) is 0 Å². The van der Waals surface area contributed by atoms with E-state index in [0.717, 1.165) is 77.4 Å². The first kappa shape index (κ1) is 30.7. The van der Waals surface area contributed by atoms with Crippen LogP contribution in [0.1, 0.15) is 0 Å². The molecule has 0 aliphatic carbocycles. The molecule has 5 heteroatoms. The molecule has 0 saturated carbocycles. The summed E-state index contributed by atoms with van der Waals surface area (Å²) >= 11 is 0. The van der Waals surface area contributed by atoms with E-state index in [0.29, 0.717) is 11.4 Å². The van der Waals surface area contributed by atoms with E-state index in [1.807, 2.05) is 30.3 Å². The Hall–Kier alpha value is -7.86. The maximum atomic E-state index is 8.37. The van der Waals surface area contributed by atoms with Crippen LogP contribution in [-0.2, 0) is 0 Å². The highest BCUT2D eigenvalue weighted by atomic mass is 15.1. The van der Waals surface area contributed by atoms with Gasteiger partial charge in [-0.05, 0) is 83.2 Å². The minimum Gasteiger partial charge on any atom is -0.309 e. The summed E-state index contributed by atoms with van der Waals surface area (Å²) in [7, 11) is 0. The van der Waals surface area contributed by atoms with Crippen LogP contribution in [0.25, 0.3) is 103 Å². The number of hydrogen-bond acceptors (Lipinski definition) is 0. The lowest BCUT2D eigenvalue weighted by Crippen LogP contribution is -2.00. The van der Waals surface area contributed by atoms with Gasteiger partial charge in [0.05, 0.1) is 51.9 Å². The first-order valence-corrected chi connectivity index (χ1v) is 18.3. The van der Waals surface area contributed by atoms with Gasteiger partial charge in [-0.3, -0.25) is 0 Å². The highest BCUT2D eigenvalue weighted by Gasteiger charge is 2.21. The van der Waals surface area contributed by atoms with E-state index in [-0.39, 0.29) is 0 Å². The maximum absolute atomic E-state index is 8.37. The molecule has 0 bridgehead atoms. The standard InChI is InChI=1S/C50H29N5/c1-51-33-24-29-48-42(30-33)40-15-6-7-17-44(40)53(48)34-25-22-32(23-26-34)36-28-27-35(31-43(36)52-2)54-45-18-8-5-14-39(45)41-16-11-21-49(50(41)54)55-46-19-9-3-12-37(46)38-13-4-10-20-47(38)55/h3-31H. The van der Waals surface area contributed by atoms with E-state index in [9.17, 15) is 0 Å². The Balaban J connectivity index is 1.08. The third kappa shape index (κ3) is 4.45. The van der Waals surface area contributed by atoms with Crippen LogP contribution in [0.2, 0.25) is 0 Å². The van der Waals surface area contributed by atoms with Gasteiger partial charge in [-0.15, -0.1) is 0 Å². The quantitative estimate of drug-likeness (QED) is 0.163. The van der Waals surface area contributed by atoms with Gasteiger partial charge in [-0.2, -0.15) is 0 Å². The fourth-order valence-corrected chi connectivity index (χ4v) is 8.73. The molecule has 0 amide bonds. The summed E-state index contributed by atoms with van der Waals surface area (Å²) in [5, 5.41) is 6.94. The van der Waals surface area contributed by atoms with Crippen molar-refractivity contribution in [3.8, 4) is 28.2 Å². The highest BCUT2D eigenvalue weighted by Crippen LogP contribution is 2.42. The van der Waals surface area contributed by atoms with Gasteiger partial charge in [0.15, 0.2) is 11.4 Å². The maximum Gasteiger partial charge on any atom is 0.196 e. The van der Waals surface area contributed by atoms with Gasteiger partial charge in [0.1, 0.15) is 0 Å². The molecule has 0 fully saturated rings. The predicted octanol–water partition coefficient (Wildman–Crippen LogP) is 13.7. The van der Waals surface area contributed by atoms with Crippen LogP contribution in [0.3, 0.4) is 0 Å². The Morgan fingerprint density at radius 2 is 0.891 bits per heavy atom. The zero-order valence-electron chi connectivity index (χ0n) is 29.5. The lowest BCUT2D eigenvalue weighted by atomic mass is 10.0. The molecule has 3 aromatic heterocycles. The van der Waals surface area contributed by atoms with Gasteiger partial charge in [-0.25, -0.2) is 9.69 Å². The first-order valence-electron chi connectivity index (χ1n) is 18.3. The molecule has 0 radical (unpaired) electrons. The smallest absolute Gasteiger partial charge is 0.196 e. The molecular formula is C50H29N5. The molecule has 8 aromatic carbocycles. The molecule has 5 nitrogen and oxygen atoms in total. The summed E-state index contributed by atoms with van der Waals surface area (Å²) in [6.45, 7) is 15.9. The summed E-state index contributed by atoms with van der Waals surface area (Å²) in [5.74, 6) is 0. The van der Waals surface area contributed by atoms with Crippen LogP contribution in [-0.4, -0.2) is 13.7 Å². The summed E-state index contributed by atoms with van der Waals surface area (Å²) in [4.78, 5) is 7.78. The Morgan fingerprint density at radius 1 is 0.364 bits per heavy atom. The molecule has 0 saturated heterocycles. The molecule has 0 N–H and O–H groups in total. The zero-order chi connectivity index (χ0) is 36.6. The monoisotopic (exact) mass is 699 g/mol. The Bertz CT molecular complexity index is 3400. The number of nitrogens with zero attached hydrogens (tertiary/aromatic N) is 5. The Labute approximate surface area is 316 Å². The lowest BCUT2D eigenvalue weighted by molar-refractivity contribution is 1.13. The molecule has 0 unspecified atom stereocenters. The molecule has 0 spiro atoms. The Kier molecular flexibility index (Phi) is 6.61. The van der Waals surface area contributed by atoms with E-state index < -0.39 is 0 Å². The van der Waals surface area contributed by atoms with Crippen LogP contribution in [0, 0.1) is 13.1 Å². The molecule has 254 valence electrons. The minimum atomic E-state index is 0.592. The molecule has 0 atom stereocenters. The van der Waals surface area contributed by atoms with Crippen molar-refractivity contribution >= 4 is 76.8 Å². The molecule has 0 aliphatic heterocycles. The normalized spacial score (nSPS) is 11.6. The summed E-state index contributed by atoms with van der Waals surface area (Å²) < 4.78 is 6.96. The Morgan fingerprint density at radius 3 is 1.53 bits per heavy atom. The molecule has 3 heterocycles. The van der Waals surface area contributed by atoms with Crippen LogP contribution >= 0.6 is 0 Å². The van der Waals surface area contributed by atoms with Gasteiger partial charge >= 0.3 is 0 Å². The van der Waals surface area contributed by atoms with E-state index in [1.165, 1.54) is 16.2 Å². The highest BCUT2D eigenvalue weighted by molar-refractivity contribution is 6.15. The van der Waals surface area contributed by atoms with E-state index in [1.54, 1.807) is 0 Å². The van der Waals surface area contributed by atoms with Crippen molar-refractivity contribution < 1.29 is 0 Å². The largest absolute Gasteiger partial charge is 0.309 e. The van der Waals surface area contributed by atoms with Gasteiger partial charge in [0.25, 0.3) is 0 Å². The second kappa shape index (κ2) is 11.8. The van der Waals surface area contributed by atoms with E-state index in [4.69, 9.17) is 13.1 Å². The first-order chi connectivity index (χ1) is 27.2. The van der Waals surface area contributed by atoms with Gasteiger partial charge in [-0.1, -0.05) is 109 Å². The number of aromatic nitrogens is 3. The predicted molar refractivity (Wildman–Crippen MR) is 227 cm³/mol.